The zero-order valence-corrected chi connectivity index (χ0v) is 21.1. The number of fused-ring (bicyclic) bond motifs is 7. The van der Waals surface area contributed by atoms with E-state index in [9.17, 15) is 21.6 Å². The van der Waals surface area contributed by atoms with Gasteiger partial charge in [-0.1, -0.05) is 24.3 Å². The van der Waals surface area contributed by atoms with Crippen LogP contribution < -0.4 is 0 Å². The molecule has 3 aliphatic heterocycles. The number of hydrogen-bond acceptors (Lipinski definition) is 4. The molecule has 0 saturated carbocycles. The predicted octanol–water partition coefficient (Wildman–Crippen LogP) is 4.24. The molecule has 3 atom stereocenters. The Morgan fingerprint density at radius 1 is 1.00 bits per heavy atom. The van der Waals surface area contributed by atoms with Crippen molar-refractivity contribution in [3.05, 3.63) is 82.3 Å². The maximum absolute atomic E-state index is 13.5. The molecule has 1 aliphatic carbocycles. The van der Waals surface area contributed by atoms with Gasteiger partial charge in [0, 0.05) is 56.8 Å². The van der Waals surface area contributed by atoms with E-state index in [1.54, 1.807) is 17.7 Å². The average molecular weight is 529 g/mol. The number of hydrogen-bond donors (Lipinski definition) is 0. The van der Waals surface area contributed by atoms with Crippen LogP contribution >= 0.6 is 0 Å². The third-order valence-corrected chi connectivity index (χ3v) is 10.5. The maximum Gasteiger partial charge on any atom is 0.416 e. The van der Waals surface area contributed by atoms with Crippen LogP contribution in [-0.4, -0.2) is 52.9 Å². The van der Waals surface area contributed by atoms with Crippen molar-refractivity contribution in [3.8, 4) is 0 Å². The molecule has 4 heterocycles. The highest BCUT2D eigenvalue weighted by molar-refractivity contribution is 7.89. The monoisotopic (exact) mass is 528 g/mol. The lowest BCUT2D eigenvalue weighted by Gasteiger charge is -2.45. The Morgan fingerprint density at radius 2 is 1.81 bits per heavy atom. The van der Waals surface area contributed by atoms with E-state index in [0.29, 0.717) is 19.5 Å². The number of alkyl halides is 3. The van der Waals surface area contributed by atoms with E-state index in [-0.39, 0.29) is 28.9 Å². The molecule has 4 aliphatic rings. The van der Waals surface area contributed by atoms with Crippen LogP contribution in [0.3, 0.4) is 0 Å². The molecule has 2 fully saturated rings. The van der Waals surface area contributed by atoms with Crippen LogP contribution in [0.25, 0.3) is 0 Å². The molecule has 0 radical (unpaired) electrons. The number of rotatable bonds is 3. The van der Waals surface area contributed by atoms with E-state index in [2.05, 4.69) is 28.1 Å². The van der Waals surface area contributed by atoms with Crippen LogP contribution in [0.1, 0.15) is 57.7 Å². The Morgan fingerprint density at radius 3 is 2.49 bits per heavy atom. The number of aryl methyl sites for hydroxylation is 1. The summed E-state index contributed by atoms with van der Waals surface area (Å²) in [6, 6.07) is 11.2. The number of nitrogens with zero attached hydrogens (tertiary/aromatic N) is 4. The minimum absolute atomic E-state index is 0.0599. The van der Waals surface area contributed by atoms with E-state index in [1.807, 2.05) is 0 Å². The fourth-order valence-corrected chi connectivity index (χ4v) is 8.22. The number of sulfonamides is 1. The number of halogens is 3. The Labute approximate surface area is 213 Å². The fourth-order valence-electron chi connectivity index (χ4n) is 6.73. The summed E-state index contributed by atoms with van der Waals surface area (Å²) in [5.74, 6) is 0.227. The molecule has 0 bridgehead atoms. The summed E-state index contributed by atoms with van der Waals surface area (Å²) in [4.78, 5) is 6.49. The largest absolute Gasteiger partial charge is 0.416 e. The van der Waals surface area contributed by atoms with Crippen molar-refractivity contribution in [2.75, 3.05) is 19.6 Å². The molecule has 0 amide bonds. The van der Waals surface area contributed by atoms with Gasteiger partial charge in [-0.05, 0) is 59.2 Å². The van der Waals surface area contributed by atoms with E-state index < -0.39 is 21.8 Å². The molecule has 2 saturated heterocycles. The Hall–Kier alpha value is -2.69. The molecule has 0 N–H and O–H groups in total. The van der Waals surface area contributed by atoms with E-state index >= 15 is 0 Å². The van der Waals surface area contributed by atoms with Crippen LogP contribution in [0.2, 0.25) is 0 Å². The maximum atomic E-state index is 13.5. The normalized spacial score (nSPS) is 25.9. The van der Waals surface area contributed by atoms with Crippen molar-refractivity contribution in [2.24, 2.45) is 7.05 Å². The molecule has 1 aromatic heterocycles. The van der Waals surface area contributed by atoms with Crippen molar-refractivity contribution in [3.63, 3.8) is 0 Å². The Bertz CT molecular complexity index is 1510. The molecule has 3 aromatic rings. The van der Waals surface area contributed by atoms with Gasteiger partial charge < -0.3 is 4.57 Å². The first-order valence-corrected chi connectivity index (χ1v) is 14.1. The van der Waals surface area contributed by atoms with E-state index in [1.165, 1.54) is 40.1 Å². The SMILES string of the molecule is Cn1cnc(S(=O)(=O)N2CC(c3ccc4c(c3)C3Cc5cc(C(F)(F)F)ccc5C5CCN5C3C4)C2)c1. The molecular formula is C27H27F3N4O2S. The fraction of sp³-hybridized carbons (Fsp3) is 0.444. The Balaban J connectivity index is 1.17. The standard InChI is InChI=1S/C27H27F3N4O2S/c1-32-14-26(31-15-32)37(35,36)33-12-19(13-33)16-2-3-17-11-25-23(22(17)9-16)10-18-8-20(27(28,29)30)4-5-21(18)24-6-7-34(24)25/h2-5,8-9,14-15,19,23-25H,6-7,10-13H2,1H3. The van der Waals surface area contributed by atoms with Crippen LogP contribution in [0.5, 0.6) is 0 Å². The zero-order chi connectivity index (χ0) is 25.7. The third-order valence-electron chi connectivity index (χ3n) is 8.82. The lowest BCUT2D eigenvalue weighted by molar-refractivity contribution is -0.137. The number of imidazole rings is 1. The van der Waals surface area contributed by atoms with Crippen molar-refractivity contribution < 1.29 is 21.6 Å². The van der Waals surface area contributed by atoms with Crippen LogP contribution in [0, 0.1) is 0 Å². The summed E-state index contributed by atoms with van der Waals surface area (Å²) >= 11 is 0. The third kappa shape index (κ3) is 3.59. The molecular weight excluding hydrogens is 501 g/mol. The second kappa shape index (κ2) is 7.91. The van der Waals surface area contributed by atoms with Crippen molar-refractivity contribution >= 4 is 10.0 Å². The Kier molecular flexibility index (Phi) is 5.01. The van der Waals surface area contributed by atoms with Gasteiger partial charge in [-0.15, -0.1) is 0 Å². The summed E-state index contributed by atoms with van der Waals surface area (Å²) in [6.45, 7) is 1.77. The van der Waals surface area contributed by atoms with Gasteiger partial charge in [0.1, 0.15) is 0 Å². The minimum atomic E-state index is -4.35. The van der Waals surface area contributed by atoms with Gasteiger partial charge >= 0.3 is 6.18 Å². The summed E-state index contributed by atoms with van der Waals surface area (Å²) in [6.07, 6.45) is 1.11. The molecule has 0 spiro atoms. The first-order valence-electron chi connectivity index (χ1n) is 12.7. The van der Waals surface area contributed by atoms with Crippen molar-refractivity contribution in [1.29, 1.82) is 0 Å². The second-order valence-electron chi connectivity index (χ2n) is 10.9. The highest BCUT2D eigenvalue weighted by atomic mass is 32.2. The van der Waals surface area contributed by atoms with Crippen molar-refractivity contribution in [1.82, 2.24) is 18.8 Å². The first kappa shape index (κ1) is 23.4. The van der Waals surface area contributed by atoms with Gasteiger partial charge in [0.05, 0.1) is 11.9 Å². The van der Waals surface area contributed by atoms with E-state index in [0.717, 1.165) is 36.1 Å². The average Bonchev–Trinajstić information content (AvgIpc) is 3.34. The molecule has 6 nitrogen and oxygen atoms in total. The van der Waals surface area contributed by atoms with Gasteiger partial charge in [-0.2, -0.15) is 17.5 Å². The van der Waals surface area contributed by atoms with E-state index in [4.69, 9.17) is 0 Å². The number of aromatic nitrogens is 2. The van der Waals surface area contributed by atoms with Crippen LogP contribution in [-0.2, 0) is 36.1 Å². The van der Waals surface area contributed by atoms with Gasteiger partial charge in [0.2, 0.25) is 0 Å². The van der Waals surface area contributed by atoms with Crippen LogP contribution in [0.15, 0.2) is 53.9 Å². The first-order chi connectivity index (χ1) is 17.6. The quantitative estimate of drug-likeness (QED) is 0.511. The summed E-state index contributed by atoms with van der Waals surface area (Å²) in [5.41, 5.74) is 4.85. The summed E-state index contributed by atoms with van der Waals surface area (Å²) < 4.78 is 69.3. The van der Waals surface area contributed by atoms with Crippen molar-refractivity contribution in [2.45, 2.75) is 54.4 Å². The molecule has 7 rings (SSSR count). The molecule has 3 unspecified atom stereocenters. The number of benzene rings is 2. The molecule has 2 aromatic carbocycles. The topological polar surface area (TPSA) is 58.4 Å². The molecule has 194 valence electrons. The molecule has 37 heavy (non-hydrogen) atoms. The minimum Gasteiger partial charge on any atom is -0.339 e. The van der Waals surface area contributed by atoms with Crippen LogP contribution in [0.4, 0.5) is 13.2 Å². The predicted molar refractivity (Wildman–Crippen MR) is 131 cm³/mol. The molecule has 10 heteroatoms. The smallest absolute Gasteiger partial charge is 0.339 e. The lowest BCUT2D eigenvalue weighted by Crippen LogP contribution is -2.48. The van der Waals surface area contributed by atoms with Gasteiger partial charge in [-0.25, -0.2) is 13.4 Å². The lowest BCUT2D eigenvalue weighted by atomic mass is 9.86. The van der Waals surface area contributed by atoms with Gasteiger partial charge in [-0.3, -0.25) is 4.90 Å². The highest BCUT2D eigenvalue weighted by Gasteiger charge is 2.47. The zero-order valence-electron chi connectivity index (χ0n) is 20.3. The van der Waals surface area contributed by atoms with Gasteiger partial charge in [0.15, 0.2) is 5.03 Å². The van der Waals surface area contributed by atoms with Gasteiger partial charge in [0.25, 0.3) is 10.0 Å². The summed E-state index contributed by atoms with van der Waals surface area (Å²) in [7, 11) is -1.87. The summed E-state index contributed by atoms with van der Waals surface area (Å²) in [5, 5.41) is 0.0599. The highest BCUT2D eigenvalue weighted by Crippen LogP contribution is 2.51. The second-order valence-corrected chi connectivity index (χ2v) is 12.8.